The second kappa shape index (κ2) is 7.32. The Kier molecular flexibility index (Phi) is 6.04. The minimum atomic E-state index is -0.452. The van der Waals surface area contributed by atoms with Crippen LogP contribution >= 0.6 is 0 Å². The maximum absolute atomic E-state index is 13.4. The zero-order valence-corrected chi connectivity index (χ0v) is 9.75. The highest BCUT2D eigenvalue weighted by Crippen LogP contribution is 2.17. The Morgan fingerprint density at radius 2 is 2.12 bits per heavy atom. The monoisotopic (exact) mass is 245 g/mol. The van der Waals surface area contributed by atoms with Crippen LogP contribution in [-0.4, -0.2) is 31.5 Å². The normalized spacial score (nSPS) is 12.7. The molecule has 0 saturated carbocycles. The van der Waals surface area contributed by atoms with Crippen molar-refractivity contribution < 1.29 is 18.6 Å². The van der Waals surface area contributed by atoms with E-state index in [1.807, 2.05) is 0 Å². The fraction of sp³-hybridized carbons (Fsp3) is 0.500. The van der Waals surface area contributed by atoms with Gasteiger partial charge in [0.05, 0.1) is 19.8 Å². The van der Waals surface area contributed by atoms with Crippen LogP contribution in [0.5, 0.6) is 0 Å². The highest BCUT2D eigenvalue weighted by Gasteiger charge is 2.10. The van der Waals surface area contributed by atoms with Crippen LogP contribution in [0, 0.1) is 11.6 Å². The Bertz CT molecular complexity index is 347. The number of halogens is 2. The zero-order valence-electron chi connectivity index (χ0n) is 9.75. The molecule has 0 amide bonds. The van der Waals surface area contributed by atoms with Crippen LogP contribution in [-0.2, 0) is 4.74 Å². The first-order chi connectivity index (χ1) is 8.15. The van der Waals surface area contributed by atoms with Gasteiger partial charge in [-0.1, -0.05) is 0 Å². The summed E-state index contributed by atoms with van der Waals surface area (Å²) in [6, 6.07) is 3.10. The van der Waals surface area contributed by atoms with E-state index in [0.29, 0.717) is 18.7 Å². The first kappa shape index (κ1) is 14.0. The molecule has 1 rings (SSSR count). The van der Waals surface area contributed by atoms with Crippen molar-refractivity contribution in [3.63, 3.8) is 0 Å². The Labute approximate surface area is 99.4 Å². The Morgan fingerprint density at radius 1 is 1.35 bits per heavy atom. The fourth-order valence-corrected chi connectivity index (χ4v) is 1.47. The van der Waals surface area contributed by atoms with Gasteiger partial charge in [-0.3, -0.25) is 0 Å². The molecule has 1 atom stereocenters. The summed E-state index contributed by atoms with van der Waals surface area (Å²) >= 11 is 0. The first-order valence-electron chi connectivity index (χ1n) is 5.52. The summed E-state index contributed by atoms with van der Waals surface area (Å²) in [4.78, 5) is 0. The maximum Gasteiger partial charge on any atom is 0.128 e. The highest BCUT2D eigenvalue weighted by atomic mass is 19.1. The Hall–Kier alpha value is -1.04. The van der Waals surface area contributed by atoms with E-state index in [0.717, 1.165) is 12.1 Å². The van der Waals surface area contributed by atoms with Gasteiger partial charge in [0, 0.05) is 18.2 Å². The van der Waals surface area contributed by atoms with Crippen molar-refractivity contribution in [3.05, 3.63) is 35.4 Å². The van der Waals surface area contributed by atoms with Gasteiger partial charge >= 0.3 is 0 Å². The first-order valence-corrected chi connectivity index (χ1v) is 5.52. The lowest BCUT2D eigenvalue weighted by molar-refractivity contribution is 0.0928. The quantitative estimate of drug-likeness (QED) is 0.717. The van der Waals surface area contributed by atoms with Crippen molar-refractivity contribution in [2.24, 2.45) is 0 Å². The van der Waals surface area contributed by atoms with Crippen LogP contribution in [0.15, 0.2) is 18.2 Å². The minimum Gasteiger partial charge on any atom is -0.394 e. The van der Waals surface area contributed by atoms with E-state index in [4.69, 9.17) is 9.84 Å². The number of aliphatic hydroxyl groups excluding tert-OH is 1. The second-order valence-electron chi connectivity index (χ2n) is 3.68. The molecule has 2 N–H and O–H groups in total. The lowest BCUT2D eigenvalue weighted by Crippen LogP contribution is -2.24. The summed E-state index contributed by atoms with van der Waals surface area (Å²) in [6.45, 7) is 2.95. The number of nitrogens with one attached hydrogen (secondary N) is 1. The SMILES string of the molecule is CC(NCCOCCO)c1cc(F)ccc1F. The van der Waals surface area contributed by atoms with Crippen molar-refractivity contribution in [2.45, 2.75) is 13.0 Å². The molecule has 1 aromatic carbocycles. The number of ether oxygens (including phenoxy) is 1. The third-order valence-corrected chi connectivity index (χ3v) is 2.36. The van der Waals surface area contributed by atoms with Crippen LogP contribution in [0.25, 0.3) is 0 Å². The summed E-state index contributed by atoms with van der Waals surface area (Å²) in [5.74, 6) is -0.880. The summed E-state index contributed by atoms with van der Waals surface area (Å²) in [5, 5.41) is 11.5. The van der Waals surface area contributed by atoms with E-state index >= 15 is 0 Å². The molecule has 0 aliphatic rings. The molecular formula is C12H17F2NO2. The third kappa shape index (κ3) is 4.77. The van der Waals surface area contributed by atoms with E-state index in [-0.39, 0.29) is 19.3 Å². The van der Waals surface area contributed by atoms with Gasteiger partial charge in [0.15, 0.2) is 0 Å². The fourth-order valence-electron chi connectivity index (χ4n) is 1.47. The Morgan fingerprint density at radius 3 is 2.82 bits per heavy atom. The van der Waals surface area contributed by atoms with Crippen molar-refractivity contribution in [3.8, 4) is 0 Å². The molecular weight excluding hydrogens is 228 g/mol. The largest absolute Gasteiger partial charge is 0.394 e. The van der Waals surface area contributed by atoms with Crippen LogP contribution in [0.4, 0.5) is 8.78 Å². The standard InChI is InChI=1S/C12H17F2NO2/c1-9(15-4-6-17-7-5-16)11-8-10(13)2-3-12(11)14/h2-3,8-9,15-16H,4-7H2,1H3. The molecule has 0 fully saturated rings. The molecule has 0 heterocycles. The number of hydrogen-bond donors (Lipinski definition) is 2. The summed E-state index contributed by atoms with van der Waals surface area (Å²) in [7, 11) is 0. The molecule has 5 heteroatoms. The predicted octanol–water partition coefficient (Wildman–Crippen LogP) is 1.62. The smallest absolute Gasteiger partial charge is 0.128 e. The summed E-state index contributed by atoms with van der Waals surface area (Å²) in [6.07, 6.45) is 0. The summed E-state index contributed by atoms with van der Waals surface area (Å²) in [5.41, 5.74) is 0.298. The van der Waals surface area contributed by atoms with E-state index in [2.05, 4.69) is 5.32 Å². The van der Waals surface area contributed by atoms with Crippen LogP contribution in [0.3, 0.4) is 0 Å². The molecule has 0 aromatic heterocycles. The molecule has 0 radical (unpaired) electrons. The van der Waals surface area contributed by atoms with Gasteiger partial charge in [0.1, 0.15) is 11.6 Å². The highest BCUT2D eigenvalue weighted by molar-refractivity contribution is 5.21. The number of benzene rings is 1. The van der Waals surface area contributed by atoms with E-state index in [1.54, 1.807) is 6.92 Å². The van der Waals surface area contributed by atoms with Crippen molar-refractivity contribution in [1.29, 1.82) is 0 Å². The van der Waals surface area contributed by atoms with E-state index < -0.39 is 11.6 Å². The molecule has 0 saturated heterocycles. The lowest BCUT2D eigenvalue weighted by atomic mass is 10.1. The zero-order chi connectivity index (χ0) is 12.7. The van der Waals surface area contributed by atoms with Crippen LogP contribution in [0.2, 0.25) is 0 Å². The second-order valence-corrected chi connectivity index (χ2v) is 3.68. The van der Waals surface area contributed by atoms with Gasteiger partial charge in [-0.15, -0.1) is 0 Å². The van der Waals surface area contributed by atoms with Crippen molar-refractivity contribution >= 4 is 0 Å². The third-order valence-electron chi connectivity index (χ3n) is 2.36. The predicted molar refractivity (Wildman–Crippen MR) is 60.7 cm³/mol. The lowest BCUT2D eigenvalue weighted by Gasteiger charge is -2.15. The van der Waals surface area contributed by atoms with Crippen molar-refractivity contribution in [2.75, 3.05) is 26.4 Å². The van der Waals surface area contributed by atoms with Gasteiger partial charge < -0.3 is 15.2 Å². The van der Waals surface area contributed by atoms with E-state index in [1.165, 1.54) is 6.07 Å². The molecule has 0 bridgehead atoms. The number of hydrogen-bond acceptors (Lipinski definition) is 3. The molecule has 0 aliphatic carbocycles. The molecule has 1 unspecified atom stereocenters. The molecule has 0 aliphatic heterocycles. The van der Waals surface area contributed by atoms with E-state index in [9.17, 15) is 8.78 Å². The van der Waals surface area contributed by atoms with Gasteiger partial charge in [0.25, 0.3) is 0 Å². The van der Waals surface area contributed by atoms with Gasteiger partial charge in [-0.2, -0.15) is 0 Å². The van der Waals surface area contributed by atoms with Crippen LogP contribution in [0.1, 0.15) is 18.5 Å². The molecule has 0 spiro atoms. The van der Waals surface area contributed by atoms with Crippen molar-refractivity contribution in [1.82, 2.24) is 5.32 Å². The molecule has 17 heavy (non-hydrogen) atoms. The van der Waals surface area contributed by atoms with Gasteiger partial charge in [0.2, 0.25) is 0 Å². The number of rotatable bonds is 7. The maximum atomic E-state index is 13.4. The summed E-state index contributed by atoms with van der Waals surface area (Å²) < 4.78 is 31.4. The topological polar surface area (TPSA) is 41.5 Å². The average molecular weight is 245 g/mol. The molecule has 1 aromatic rings. The molecule has 3 nitrogen and oxygen atoms in total. The van der Waals surface area contributed by atoms with Crippen LogP contribution < -0.4 is 5.32 Å². The van der Waals surface area contributed by atoms with Gasteiger partial charge in [-0.05, 0) is 25.1 Å². The molecule has 96 valence electrons. The number of aliphatic hydroxyl groups is 1. The average Bonchev–Trinajstić information content (AvgIpc) is 2.32. The van der Waals surface area contributed by atoms with Gasteiger partial charge in [-0.25, -0.2) is 8.78 Å². The minimum absolute atomic E-state index is 0.0198. The Balaban J connectivity index is 2.41.